The lowest BCUT2D eigenvalue weighted by atomic mass is 10.2. The van der Waals surface area contributed by atoms with Gasteiger partial charge in [-0.3, -0.25) is 4.99 Å². The third-order valence-electron chi connectivity index (χ3n) is 4.18. The number of hydrogen-bond acceptors (Lipinski definition) is 4. The van der Waals surface area contributed by atoms with Crippen LogP contribution in [0.25, 0.3) is 0 Å². The van der Waals surface area contributed by atoms with Gasteiger partial charge in [0.05, 0.1) is 12.3 Å². The summed E-state index contributed by atoms with van der Waals surface area (Å²) in [7, 11) is -0.261. The fourth-order valence-corrected chi connectivity index (χ4v) is 3.85. The second kappa shape index (κ2) is 10.1. The van der Waals surface area contributed by atoms with Crippen molar-refractivity contribution >= 4 is 15.8 Å². The number of aliphatic imine (C=N–C) groups is 1. The highest BCUT2D eigenvalue weighted by atomic mass is 32.2. The molecule has 2 aromatic rings. The maximum absolute atomic E-state index is 13.7. The van der Waals surface area contributed by atoms with Gasteiger partial charge in [0, 0.05) is 20.6 Å². The normalized spacial score (nSPS) is 11.9. The maximum Gasteiger partial charge on any atom is 0.193 e. The Kier molecular flexibility index (Phi) is 7.80. The van der Waals surface area contributed by atoms with E-state index in [1.165, 1.54) is 18.2 Å². The van der Waals surface area contributed by atoms with Crippen LogP contribution < -0.4 is 10.1 Å². The standard InChI is InChI=1S/C20H26FN3O3S/c1-16-8-4-6-10-18(16)27-14-13-24(3)20(22-2)23-12-15-28(25,26)19-11-7-5-9-17(19)21/h4-11H,12-15H2,1-3H3,(H,22,23). The van der Waals surface area contributed by atoms with Crippen molar-refractivity contribution in [3.05, 3.63) is 59.9 Å². The molecule has 8 heteroatoms. The van der Waals surface area contributed by atoms with Crippen molar-refractivity contribution in [3.63, 3.8) is 0 Å². The monoisotopic (exact) mass is 407 g/mol. The molecule has 6 nitrogen and oxygen atoms in total. The molecule has 0 unspecified atom stereocenters. The summed E-state index contributed by atoms with van der Waals surface area (Å²) in [6, 6.07) is 13.1. The zero-order chi connectivity index (χ0) is 20.6. The molecule has 152 valence electrons. The summed E-state index contributed by atoms with van der Waals surface area (Å²) < 4.78 is 44.1. The lowest BCUT2D eigenvalue weighted by Gasteiger charge is -2.22. The minimum Gasteiger partial charge on any atom is -0.491 e. The average molecular weight is 408 g/mol. The van der Waals surface area contributed by atoms with E-state index in [1.807, 2.05) is 43.1 Å². The number of hydrogen-bond donors (Lipinski definition) is 1. The predicted octanol–water partition coefficient (Wildman–Crippen LogP) is 2.49. The number of nitrogens with one attached hydrogen (secondary N) is 1. The summed E-state index contributed by atoms with van der Waals surface area (Å²) in [6.07, 6.45) is 0. The van der Waals surface area contributed by atoms with Crippen molar-refractivity contribution in [3.8, 4) is 5.75 Å². The Morgan fingerprint density at radius 1 is 1.18 bits per heavy atom. The first-order valence-electron chi connectivity index (χ1n) is 8.92. The Balaban J connectivity index is 1.83. The van der Waals surface area contributed by atoms with E-state index < -0.39 is 15.7 Å². The topological polar surface area (TPSA) is 71.0 Å². The van der Waals surface area contributed by atoms with E-state index in [2.05, 4.69) is 10.3 Å². The first kappa shape index (κ1) is 21.7. The minimum atomic E-state index is -3.71. The zero-order valence-corrected chi connectivity index (χ0v) is 17.2. The van der Waals surface area contributed by atoms with Gasteiger partial charge in [-0.2, -0.15) is 0 Å². The number of benzene rings is 2. The fourth-order valence-electron chi connectivity index (χ4n) is 2.61. The van der Waals surface area contributed by atoms with Crippen molar-refractivity contribution in [2.24, 2.45) is 4.99 Å². The number of guanidine groups is 1. The van der Waals surface area contributed by atoms with Crippen LogP contribution in [0.2, 0.25) is 0 Å². The molecule has 0 bridgehead atoms. The highest BCUT2D eigenvalue weighted by Crippen LogP contribution is 2.16. The molecule has 1 N–H and O–H groups in total. The lowest BCUT2D eigenvalue weighted by molar-refractivity contribution is 0.280. The van der Waals surface area contributed by atoms with Crippen LogP contribution in [0.15, 0.2) is 58.4 Å². The van der Waals surface area contributed by atoms with E-state index in [-0.39, 0.29) is 17.2 Å². The Morgan fingerprint density at radius 3 is 2.54 bits per heavy atom. The van der Waals surface area contributed by atoms with E-state index in [0.717, 1.165) is 17.4 Å². The smallest absolute Gasteiger partial charge is 0.193 e. The summed E-state index contributed by atoms with van der Waals surface area (Å²) >= 11 is 0. The van der Waals surface area contributed by atoms with Crippen molar-refractivity contribution in [2.75, 3.05) is 39.5 Å². The number of ether oxygens (including phenoxy) is 1. The summed E-state index contributed by atoms with van der Waals surface area (Å²) in [5.41, 5.74) is 1.06. The van der Waals surface area contributed by atoms with Crippen molar-refractivity contribution in [1.29, 1.82) is 0 Å². The van der Waals surface area contributed by atoms with Gasteiger partial charge >= 0.3 is 0 Å². The third kappa shape index (κ3) is 5.95. The largest absolute Gasteiger partial charge is 0.491 e. The number of halogens is 1. The second-order valence-corrected chi connectivity index (χ2v) is 8.34. The molecule has 0 aliphatic rings. The van der Waals surface area contributed by atoms with Gasteiger partial charge in [-0.15, -0.1) is 0 Å². The van der Waals surface area contributed by atoms with Crippen LogP contribution in [-0.2, 0) is 9.84 Å². The number of nitrogens with zero attached hydrogens (tertiary/aromatic N) is 2. The summed E-state index contributed by atoms with van der Waals surface area (Å²) in [4.78, 5) is 5.70. The Hall–Kier alpha value is -2.61. The van der Waals surface area contributed by atoms with Gasteiger partial charge in [-0.25, -0.2) is 12.8 Å². The highest BCUT2D eigenvalue weighted by molar-refractivity contribution is 7.91. The number of aryl methyl sites for hydroxylation is 1. The van der Waals surface area contributed by atoms with Gasteiger partial charge in [-0.05, 0) is 30.7 Å². The molecule has 0 saturated heterocycles. The molecular weight excluding hydrogens is 381 g/mol. The third-order valence-corrected chi connectivity index (χ3v) is 5.92. The van der Waals surface area contributed by atoms with E-state index in [0.29, 0.717) is 19.1 Å². The second-order valence-electron chi connectivity index (χ2n) is 6.26. The average Bonchev–Trinajstić information content (AvgIpc) is 2.67. The van der Waals surface area contributed by atoms with Crippen molar-refractivity contribution in [2.45, 2.75) is 11.8 Å². The Bertz CT molecular complexity index is 916. The van der Waals surface area contributed by atoms with E-state index in [4.69, 9.17) is 4.74 Å². The van der Waals surface area contributed by atoms with E-state index in [9.17, 15) is 12.8 Å². The molecule has 0 amide bonds. The van der Waals surface area contributed by atoms with Gasteiger partial charge in [-0.1, -0.05) is 30.3 Å². The minimum absolute atomic E-state index is 0.117. The predicted molar refractivity (Wildman–Crippen MR) is 109 cm³/mol. The SMILES string of the molecule is CN=C(NCCS(=O)(=O)c1ccccc1F)N(C)CCOc1ccccc1C. The summed E-state index contributed by atoms with van der Waals surface area (Å²) in [6.45, 7) is 3.12. The van der Waals surface area contributed by atoms with Crippen LogP contribution >= 0.6 is 0 Å². The van der Waals surface area contributed by atoms with Crippen LogP contribution in [0.1, 0.15) is 5.56 Å². The highest BCUT2D eigenvalue weighted by Gasteiger charge is 2.18. The molecule has 0 spiro atoms. The van der Waals surface area contributed by atoms with Gasteiger partial charge in [0.25, 0.3) is 0 Å². The fraction of sp³-hybridized carbons (Fsp3) is 0.350. The first-order valence-corrected chi connectivity index (χ1v) is 10.6. The van der Waals surface area contributed by atoms with Crippen LogP contribution in [0.4, 0.5) is 4.39 Å². The first-order chi connectivity index (χ1) is 13.3. The van der Waals surface area contributed by atoms with E-state index >= 15 is 0 Å². The molecule has 0 aromatic heterocycles. The van der Waals surface area contributed by atoms with E-state index in [1.54, 1.807) is 7.05 Å². The Labute approximate surface area is 166 Å². The molecule has 2 rings (SSSR count). The van der Waals surface area contributed by atoms with Crippen molar-refractivity contribution < 1.29 is 17.5 Å². The van der Waals surface area contributed by atoms with Crippen molar-refractivity contribution in [1.82, 2.24) is 10.2 Å². The van der Waals surface area contributed by atoms with Gasteiger partial charge < -0.3 is 15.0 Å². The lowest BCUT2D eigenvalue weighted by Crippen LogP contribution is -2.42. The number of likely N-dealkylation sites (N-methyl/N-ethyl adjacent to an activating group) is 1. The molecule has 0 saturated carbocycles. The maximum atomic E-state index is 13.7. The quantitative estimate of drug-likeness (QED) is 0.538. The summed E-state index contributed by atoms with van der Waals surface area (Å²) in [5.74, 6) is 0.393. The van der Waals surface area contributed by atoms with Gasteiger partial charge in [0.2, 0.25) is 0 Å². The molecule has 2 aromatic carbocycles. The summed E-state index contributed by atoms with van der Waals surface area (Å²) in [5, 5.41) is 2.99. The van der Waals surface area contributed by atoms with Crippen LogP contribution in [0.5, 0.6) is 5.75 Å². The molecule has 0 aliphatic heterocycles. The van der Waals surface area contributed by atoms with Crippen LogP contribution in [0.3, 0.4) is 0 Å². The van der Waals surface area contributed by atoms with Crippen LogP contribution in [0, 0.1) is 12.7 Å². The van der Waals surface area contributed by atoms with Gasteiger partial charge in [0.1, 0.15) is 23.1 Å². The molecule has 0 radical (unpaired) electrons. The van der Waals surface area contributed by atoms with Gasteiger partial charge in [0.15, 0.2) is 15.8 Å². The number of sulfone groups is 1. The molecule has 0 aliphatic carbocycles. The molecular formula is C20H26FN3O3S. The molecule has 0 heterocycles. The Morgan fingerprint density at radius 2 is 1.86 bits per heavy atom. The molecule has 0 atom stereocenters. The number of para-hydroxylation sites is 1. The zero-order valence-electron chi connectivity index (χ0n) is 16.4. The molecule has 28 heavy (non-hydrogen) atoms. The van der Waals surface area contributed by atoms with Crippen LogP contribution in [-0.4, -0.2) is 58.8 Å². The number of rotatable bonds is 8. The molecule has 0 fully saturated rings.